The van der Waals surface area contributed by atoms with Crippen LogP contribution in [0.5, 0.6) is 0 Å². The molecule has 2 aromatic rings. The molecule has 1 unspecified atom stereocenters. The molecule has 1 aliphatic carbocycles. The normalized spacial score (nSPS) is 18.9. The average molecular weight is 294 g/mol. The van der Waals surface area contributed by atoms with Gasteiger partial charge >= 0.3 is 0 Å². The SMILES string of the molecule is NC(c1cc2cc(Br)ccc2o1)C1CCCC1. The van der Waals surface area contributed by atoms with Gasteiger partial charge in [-0.3, -0.25) is 0 Å². The van der Waals surface area contributed by atoms with E-state index in [1.165, 1.54) is 25.7 Å². The maximum atomic E-state index is 6.30. The van der Waals surface area contributed by atoms with Crippen LogP contribution < -0.4 is 5.73 Å². The molecule has 0 saturated heterocycles. The van der Waals surface area contributed by atoms with E-state index in [-0.39, 0.29) is 6.04 Å². The molecule has 1 aromatic carbocycles. The van der Waals surface area contributed by atoms with Gasteiger partial charge in [-0.05, 0) is 43.0 Å². The van der Waals surface area contributed by atoms with Gasteiger partial charge in [0.15, 0.2) is 0 Å². The van der Waals surface area contributed by atoms with E-state index in [0.29, 0.717) is 5.92 Å². The number of fused-ring (bicyclic) bond motifs is 1. The summed E-state index contributed by atoms with van der Waals surface area (Å²) >= 11 is 3.47. The number of hydrogen-bond donors (Lipinski definition) is 1. The van der Waals surface area contributed by atoms with Gasteiger partial charge in [-0.25, -0.2) is 0 Å². The smallest absolute Gasteiger partial charge is 0.134 e. The lowest BCUT2D eigenvalue weighted by molar-refractivity contribution is 0.380. The highest BCUT2D eigenvalue weighted by Crippen LogP contribution is 2.36. The fraction of sp³-hybridized carbons (Fsp3) is 0.429. The van der Waals surface area contributed by atoms with Crippen molar-refractivity contribution in [3.05, 3.63) is 34.5 Å². The van der Waals surface area contributed by atoms with Crippen LogP contribution in [0.15, 0.2) is 33.2 Å². The van der Waals surface area contributed by atoms with Gasteiger partial charge in [-0.1, -0.05) is 28.8 Å². The van der Waals surface area contributed by atoms with Crippen molar-refractivity contribution in [2.75, 3.05) is 0 Å². The van der Waals surface area contributed by atoms with Gasteiger partial charge in [-0.2, -0.15) is 0 Å². The second kappa shape index (κ2) is 4.46. The van der Waals surface area contributed by atoms with E-state index in [1.807, 2.05) is 12.1 Å². The van der Waals surface area contributed by atoms with Gasteiger partial charge < -0.3 is 10.2 Å². The predicted molar refractivity (Wildman–Crippen MR) is 72.8 cm³/mol. The third-order valence-corrected chi connectivity index (χ3v) is 4.23. The van der Waals surface area contributed by atoms with Crippen molar-refractivity contribution in [1.82, 2.24) is 0 Å². The van der Waals surface area contributed by atoms with Crippen LogP contribution >= 0.6 is 15.9 Å². The first-order valence-electron chi connectivity index (χ1n) is 6.18. The van der Waals surface area contributed by atoms with E-state index in [2.05, 4.69) is 28.1 Å². The molecule has 0 bridgehead atoms. The predicted octanol–water partition coefficient (Wildman–Crippen LogP) is 4.39. The minimum atomic E-state index is 0.0590. The molecule has 1 heterocycles. The second-order valence-corrected chi connectivity index (χ2v) is 5.82. The van der Waals surface area contributed by atoms with Gasteiger partial charge in [0.05, 0.1) is 6.04 Å². The molecule has 2 N–H and O–H groups in total. The highest BCUT2D eigenvalue weighted by atomic mass is 79.9. The number of benzene rings is 1. The van der Waals surface area contributed by atoms with Crippen LogP contribution in [0, 0.1) is 5.92 Å². The van der Waals surface area contributed by atoms with Crippen molar-refractivity contribution in [2.45, 2.75) is 31.7 Å². The van der Waals surface area contributed by atoms with E-state index in [0.717, 1.165) is 21.2 Å². The van der Waals surface area contributed by atoms with E-state index < -0.39 is 0 Å². The number of rotatable bonds is 2. The Morgan fingerprint density at radius 1 is 1.24 bits per heavy atom. The molecule has 17 heavy (non-hydrogen) atoms. The van der Waals surface area contributed by atoms with Crippen molar-refractivity contribution in [3.8, 4) is 0 Å². The zero-order chi connectivity index (χ0) is 11.8. The van der Waals surface area contributed by atoms with Crippen LogP contribution in [0.2, 0.25) is 0 Å². The zero-order valence-corrected chi connectivity index (χ0v) is 11.2. The van der Waals surface area contributed by atoms with Crippen LogP contribution in [0.25, 0.3) is 11.0 Å². The fourth-order valence-electron chi connectivity index (χ4n) is 2.75. The monoisotopic (exact) mass is 293 g/mol. The molecule has 90 valence electrons. The Bertz CT molecular complexity index is 528. The fourth-order valence-corrected chi connectivity index (χ4v) is 3.13. The molecular weight excluding hydrogens is 278 g/mol. The summed E-state index contributed by atoms with van der Waals surface area (Å²) in [5.74, 6) is 1.53. The Balaban J connectivity index is 1.94. The van der Waals surface area contributed by atoms with Gasteiger partial charge in [0.2, 0.25) is 0 Å². The molecule has 1 atom stereocenters. The van der Waals surface area contributed by atoms with Gasteiger partial charge in [-0.15, -0.1) is 0 Å². The Morgan fingerprint density at radius 3 is 2.76 bits per heavy atom. The molecule has 1 aliphatic rings. The van der Waals surface area contributed by atoms with E-state index in [4.69, 9.17) is 10.2 Å². The third kappa shape index (κ3) is 2.14. The minimum Gasteiger partial charge on any atom is -0.459 e. The van der Waals surface area contributed by atoms with E-state index >= 15 is 0 Å². The first kappa shape index (κ1) is 11.3. The molecule has 1 fully saturated rings. The van der Waals surface area contributed by atoms with E-state index in [9.17, 15) is 0 Å². The van der Waals surface area contributed by atoms with Crippen LogP contribution in [0.4, 0.5) is 0 Å². The van der Waals surface area contributed by atoms with Crippen LogP contribution in [0.3, 0.4) is 0 Å². The lowest BCUT2D eigenvalue weighted by Crippen LogP contribution is -2.18. The van der Waals surface area contributed by atoms with Crippen molar-refractivity contribution >= 4 is 26.9 Å². The zero-order valence-electron chi connectivity index (χ0n) is 9.66. The van der Waals surface area contributed by atoms with Gasteiger partial charge in [0.25, 0.3) is 0 Å². The Morgan fingerprint density at radius 2 is 2.00 bits per heavy atom. The molecule has 3 heteroatoms. The van der Waals surface area contributed by atoms with Crippen molar-refractivity contribution in [3.63, 3.8) is 0 Å². The van der Waals surface area contributed by atoms with Crippen LogP contribution in [-0.4, -0.2) is 0 Å². The number of nitrogens with two attached hydrogens (primary N) is 1. The lowest BCUT2D eigenvalue weighted by Gasteiger charge is -2.15. The lowest BCUT2D eigenvalue weighted by atomic mass is 9.97. The summed E-state index contributed by atoms with van der Waals surface area (Å²) in [6.45, 7) is 0. The molecule has 0 radical (unpaired) electrons. The highest BCUT2D eigenvalue weighted by molar-refractivity contribution is 9.10. The summed E-state index contributed by atoms with van der Waals surface area (Å²) in [6, 6.07) is 8.21. The van der Waals surface area contributed by atoms with Crippen molar-refractivity contribution < 1.29 is 4.42 Å². The minimum absolute atomic E-state index is 0.0590. The van der Waals surface area contributed by atoms with Gasteiger partial charge in [0, 0.05) is 9.86 Å². The number of furan rings is 1. The molecule has 0 amide bonds. The summed E-state index contributed by atoms with van der Waals surface area (Å²) < 4.78 is 6.93. The van der Waals surface area contributed by atoms with Crippen molar-refractivity contribution in [2.24, 2.45) is 11.7 Å². The molecule has 1 saturated carbocycles. The Kier molecular flexibility index (Phi) is 2.97. The maximum absolute atomic E-state index is 6.30. The maximum Gasteiger partial charge on any atom is 0.134 e. The van der Waals surface area contributed by atoms with E-state index in [1.54, 1.807) is 0 Å². The first-order valence-corrected chi connectivity index (χ1v) is 6.98. The molecule has 1 aromatic heterocycles. The average Bonchev–Trinajstić information content (AvgIpc) is 2.96. The summed E-state index contributed by atoms with van der Waals surface area (Å²) in [5.41, 5.74) is 7.22. The first-order chi connectivity index (χ1) is 8.24. The van der Waals surface area contributed by atoms with Crippen LogP contribution in [-0.2, 0) is 0 Å². The Labute approximate surface area is 109 Å². The highest BCUT2D eigenvalue weighted by Gasteiger charge is 2.25. The Hall–Kier alpha value is -0.800. The summed E-state index contributed by atoms with van der Waals surface area (Å²) in [6.07, 6.45) is 5.10. The number of halogens is 1. The molecule has 2 nitrogen and oxygen atoms in total. The summed E-state index contributed by atoms with van der Waals surface area (Å²) in [5, 5.41) is 1.13. The summed E-state index contributed by atoms with van der Waals surface area (Å²) in [4.78, 5) is 0. The van der Waals surface area contributed by atoms with Crippen molar-refractivity contribution in [1.29, 1.82) is 0 Å². The molecule has 3 rings (SSSR count). The second-order valence-electron chi connectivity index (χ2n) is 4.90. The quantitative estimate of drug-likeness (QED) is 0.892. The molecule has 0 aliphatic heterocycles. The topological polar surface area (TPSA) is 39.2 Å². The standard InChI is InChI=1S/C14H16BrNO/c15-11-5-6-12-10(7-11)8-13(17-12)14(16)9-3-1-2-4-9/h5-9,14H,1-4,16H2. The van der Waals surface area contributed by atoms with Crippen LogP contribution in [0.1, 0.15) is 37.5 Å². The number of hydrogen-bond acceptors (Lipinski definition) is 2. The van der Waals surface area contributed by atoms with Gasteiger partial charge in [0.1, 0.15) is 11.3 Å². The molecule has 0 spiro atoms. The largest absolute Gasteiger partial charge is 0.459 e. The molecular formula is C14H16BrNO. The summed E-state index contributed by atoms with van der Waals surface area (Å²) in [7, 11) is 0. The third-order valence-electron chi connectivity index (χ3n) is 3.73.